The van der Waals surface area contributed by atoms with Gasteiger partial charge in [-0.3, -0.25) is 4.57 Å². The number of hydrogen-bond acceptors (Lipinski definition) is 3. The van der Waals surface area contributed by atoms with Crippen LogP contribution in [-0.2, 0) is 13.6 Å². The average Bonchev–Trinajstić information content (AvgIpc) is 2.56. The number of hydrogen-bond donors (Lipinski definition) is 0. The van der Waals surface area contributed by atoms with Gasteiger partial charge in [0.1, 0.15) is 0 Å². The third-order valence-corrected chi connectivity index (χ3v) is 7.55. The lowest BCUT2D eigenvalue weighted by molar-refractivity contribution is 0.178. The molecule has 3 nitrogen and oxygen atoms in total. The molecule has 0 saturated heterocycles. The summed E-state index contributed by atoms with van der Waals surface area (Å²) in [6.45, 7) is 4.63. The van der Waals surface area contributed by atoms with Gasteiger partial charge in [-0.05, 0) is 44.1 Å². The first-order valence-electron chi connectivity index (χ1n) is 8.31. The highest BCUT2D eigenvalue weighted by atomic mass is 31.2. The molecule has 4 heteroatoms. The maximum absolute atomic E-state index is 13.5. The van der Waals surface area contributed by atoms with Crippen molar-refractivity contribution in [2.24, 2.45) is 11.8 Å². The molecular formula is C18H25O3P. The molecule has 0 spiro atoms. The van der Waals surface area contributed by atoms with E-state index in [4.69, 9.17) is 9.05 Å². The van der Waals surface area contributed by atoms with Crippen LogP contribution in [0, 0.1) is 11.8 Å². The molecule has 1 fully saturated rings. The molecule has 1 saturated carbocycles. The Morgan fingerprint density at radius 3 is 2.14 bits per heavy atom. The van der Waals surface area contributed by atoms with Crippen LogP contribution in [0.15, 0.2) is 42.5 Å². The Kier molecular flexibility index (Phi) is 4.87. The Labute approximate surface area is 133 Å². The van der Waals surface area contributed by atoms with Crippen molar-refractivity contribution in [3.05, 3.63) is 48.0 Å². The predicted molar refractivity (Wildman–Crippen MR) is 89.2 cm³/mol. The molecule has 1 aromatic rings. The van der Waals surface area contributed by atoms with Gasteiger partial charge in [0.25, 0.3) is 0 Å². The standard InChI is InChI=1S/C18H25O3P/c1-3-20-22(19,21-4-2)18-16-12-10-15(11-13-16)17(18)14-8-6-5-7-9-14/h5-10,12,15-18H,3-4,11,13H2,1-2H3/t15-,16+,17+,18+/m0/s1. The van der Waals surface area contributed by atoms with E-state index in [-0.39, 0.29) is 11.6 Å². The van der Waals surface area contributed by atoms with Gasteiger partial charge in [-0.15, -0.1) is 0 Å². The maximum atomic E-state index is 13.5. The van der Waals surface area contributed by atoms with Gasteiger partial charge in [-0.25, -0.2) is 0 Å². The van der Waals surface area contributed by atoms with Crippen LogP contribution >= 0.6 is 7.60 Å². The summed E-state index contributed by atoms with van der Waals surface area (Å²) in [6, 6.07) is 10.4. The van der Waals surface area contributed by atoms with E-state index in [0.717, 1.165) is 12.8 Å². The largest absolute Gasteiger partial charge is 0.334 e. The van der Waals surface area contributed by atoms with Gasteiger partial charge in [0.15, 0.2) is 0 Å². The molecule has 2 bridgehead atoms. The second-order valence-electron chi connectivity index (χ2n) is 6.09. The third-order valence-electron chi connectivity index (χ3n) is 4.87. The van der Waals surface area contributed by atoms with E-state index >= 15 is 0 Å². The van der Waals surface area contributed by atoms with Crippen molar-refractivity contribution in [3.63, 3.8) is 0 Å². The van der Waals surface area contributed by atoms with Gasteiger partial charge in [-0.1, -0.05) is 42.5 Å². The molecule has 0 N–H and O–H groups in total. The lowest BCUT2D eigenvalue weighted by atomic mass is 9.66. The third kappa shape index (κ3) is 2.82. The van der Waals surface area contributed by atoms with E-state index in [1.54, 1.807) is 0 Å². The second kappa shape index (κ2) is 6.70. The van der Waals surface area contributed by atoms with Crippen LogP contribution in [0.5, 0.6) is 0 Å². The SMILES string of the molecule is CCOP(=O)(OCC)[C@H]1[C@H](c2ccccc2)[C@H]2C=C[C@@H]1CC2. The summed E-state index contributed by atoms with van der Waals surface area (Å²) in [5.41, 5.74) is 1.20. The van der Waals surface area contributed by atoms with Gasteiger partial charge in [0.05, 0.1) is 18.9 Å². The van der Waals surface area contributed by atoms with E-state index in [1.165, 1.54) is 5.56 Å². The topological polar surface area (TPSA) is 35.5 Å². The number of fused-ring (bicyclic) bond motifs is 2. The molecule has 3 aliphatic carbocycles. The summed E-state index contributed by atoms with van der Waals surface area (Å²) in [5.74, 6) is 0.958. The van der Waals surface area contributed by atoms with E-state index in [1.807, 2.05) is 19.9 Å². The van der Waals surface area contributed by atoms with Crippen LogP contribution < -0.4 is 0 Å². The van der Waals surface area contributed by atoms with Crippen LogP contribution in [0.25, 0.3) is 0 Å². The normalized spacial score (nSPS) is 30.6. The Morgan fingerprint density at radius 2 is 1.59 bits per heavy atom. The summed E-state index contributed by atoms with van der Waals surface area (Å²) in [4.78, 5) is 0. The van der Waals surface area contributed by atoms with Gasteiger partial charge < -0.3 is 9.05 Å². The number of benzene rings is 1. The Bertz CT molecular complexity index is 559. The lowest BCUT2D eigenvalue weighted by Gasteiger charge is -2.47. The van der Waals surface area contributed by atoms with Crippen molar-refractivity contribution >= 4 is 7.60 Å². The van der Waals surface area contributed by atoms with Crippen molar-refractivity contribution in [1.29, 1.82) is 0 Å². The predicted octanol–water partition coefficient (Wildman–Crippen LogP) is 5.00. The van der Waals surface area contributed by atoms with Crippen LogP contribution in [0.3, 0.4) is 0 Å². The minimum Gasteiger partial charge on any atom is -0.309 e. The molecule has 120 valence electrons. The van der Waals surface area contributed by atoms with E-state index in [2.05, 4.69) is 36.4 Å². The first-order chi connectivity index (χ1) is 10.7. The van der Waals surface area contributed by atoms with Crippen LogP contribution in [-0.4, -0.2) is 18.9 Å². The van der Waals surface area contributed by atoms with Crippen molar-refractivity contribution in [1.82, 2.24) is 0 Å². The summed E-state index contributed by atoms with van der Waals surface area (Å²) < 4.78 is 24.9. The molecule has 1 aromatic carbocycles. The van der Waals surface area contributed by atoms with E-state index in [9.17, 15) is 4.57 Å². The molecule has 0 aliphatic heterocycles. The number of allylic oxidation sites excluding steroid dienone is 2. The molecule has 0 unspecified atom stereocenters. The molecule has 22 heavy (non-hydrogen) atoms. The van der Waals surface area contributed by atoms with Crippen molar-refractivity contribution in [2.75, 3.05) is 13.2 Å². The fraction of sp³-hybridized carbons (Fsp3) is 0.556. The highest BCUT2D eigenvalue weighted by Crippen LogP contribution is 2.65. The van der Waals surface area contributed by atoms with Crippen LogP contribution in [0.4, 0.5) is 0 Å². The first-order valence-corrected chi connectivity index (χ1v) is 9.93. The minimum atomic E-state index is -3.11. The van der Waals surface area contributed by atoms with Gasteiger partial charge in [0.2, 0.25) is 0 Å². The zero-order chi connectivity index (χ0) is 15.6. The zero-order valence-electron chi connectivity index (χ0n) is 13.4. The van der Waals surface area contributed by atoms with E-state index in [0.29, 0.717) is 25.0 Å². The lowest BCUT2D eigenvalue weighted by Crippen LogP contribution is -2.40. The minimum absolute atomic E-state index is 0.0569. The fourth-order valence-corrected chi connectivity index (χ4v) is 6.73. The van der Waals surface area contributed by atoms with Crippen molar-refractivity contribution < 1.29 is 13.6 Å². The van der Waals surface area contributed by atoms with Crippen molar-refractivity contribution in [2.45, 2.75) is 38.3 Å². The van der Waals surface area contributed by atoms with E-state index < -0.39 is 7.60 Å². The van der Waals surface area contributed by atoms with Crippen molar-refractivity contribution in [3.8, 4) is 0 Å². The molecule has 0 heterocycles. The quantitative estimate of drug-likeness (QED) is 0.546. The van der Waals surface area contributed by atoms with Crippen LogP contribution in [0.1, 0.15) is 38.2 Å². The molecule has 0 radical (unpaired) electrons. The average molecular weight is 320 g/mol. The van der Waals surface area contributed by atoms with Gasteiger partial charge >= 0.3 is 7.60 Å². The maximum Gasteiger partial charge on any atom is 0.334 e. The summed E-state index contributed by atoms with van der Waals surface area (Å²) in [6.07, 6.45) is 6.79. The molecule has 0 aromatic heterocycles. The Morgan fingerprint density at radius 1 is 1.00 bits per heavy atom. The highest BCUT2D eigenvalue weighted by molar-refractivity contribution is 7.54. The summed E-state index contributed by atoms with van der Waals surface area (Å²) in [5, 5.41) is 0. The summed E-state index contributed by atoms with van der Waals surface area (Å²) >= 11 is 0. The number of rotatable bonds is 6. The molecule has 4 rings (SSSR count). The summed E-state index contributed by atoms with van der Waals surface area (Å²) in [7, 11) is -3.11. The highest BCUT2D eigenvalue weighted by Gasteiger charge is 2.52. The molecular weight excluding hydrogens is 295 g/mol. The molecule has 3 aliphatic rings. The monoisotopic (exact) mass is 320 g/mol. The van der Waals surface area contributed by atoms with Gasteiger partial charge in [-0.2, -0.15) is 0 Å². The Hall–Kier alpha value is -0.890. The van der Waals surface area contributed by atoms with Crippen LogP contribution in [0.2, 0.25) is 0 Å². The zero-order valence-corrected chi connectivity index (χ0v) is 14.2. The smallest absolute Gasteiger partial charge is 0.309 e. The fourth-order valence-electron chi connectivity index (χ4n) is 4.09. The second-order valence-corrected chi connectivity index (χ2v) is 8.28. The first kappa shape index (κ1) is 16.0. The Balaban J connectivity index is 2.02. The molecule has 0 amide bonds. The molecule has 4 atom stereocenters. The van der Waals surface area contributed by atoms with Gasteiger partial charge in [0, 0.05) is 5.92 Å².